The van der Waals surface area contributed by atoms with Gasteiger partial charge in [-0.25, -0.2) is 14.2 Å². The van der Waals surface area contributed by atoms with Gasteiger partial charge in [-0.3, -0.25) is 0 Å². The molecular formula is C13H7BrFN3O2. The van der Waals surface area contributed by atoms with E-state index in [0.717, 1.165) is 6.07 Å². The molecular weight excluding hydrogens is 329 g/mol. The van der Waals surface area contributed by atoms with Crippen molar-refractivity contribution in [3.8, 4) is 6.07 Å². The number of carbonyl (C=O) groups is 1. The topological polar surface area (TPSA) is 86.0 Å². The minimum absolute atomic E-state index is 0.0612. The summed E-state index contributed by atoms with van der Waals surface area (Å²) >= 11 is 3.13. The lowest BCUT2D eigenvalue weighted by molar-refractivity contribution is 0.0697. The number of anilines is 2. The molecule has 100 valence electrons. The molecule has 2 N–H and O–H groups in total. The molecule has 2 aromatic rings. The number of nitrogens with one attached hydrogen (secondary N) is 1. The van der Waals surface area contributed by atoms with Gasteiger partial charge in [-0.05, 0) is 40.2 Å². The van der Waals surface area contributed by atoms with E-state index in [0.29, 0.717) is 4.47 Å². The number of hydrogen-bond acceptors (Lipinski definition) is 4. The van der Waals surface area contributed by atoms with Crippen LogP contribution >= 0.6 is 15.9 Å². The highest BCUT2D eigenvalue weighted by Crippen LogP contribution is 2.24. The maximum atomic E-state index is 13.0. The molecule has 0 unspecified atom stereocenters. The van der Waals surface area contributed by atoms with Crippen LogP contribution in [0.5, 0.6) is 0 Å². The molecule has 20 heavy (non-hydrogen) atoms. The van der Waals surface area contributed by atoms with Crippen LogP contribution in [0.25, 0.3) is 0 Å². The standard InChI is InChI=1S/C13H7BrFN3O2/c14-8-4-10(13(19)20)12(17-6-8)18-11-2-1-9(15)3-7(11)5-16/h1-4,6H,(H,17,18)(H,19,20). The third kappa shape index (κ3) is 2.92. The van der Waals surface area contributed by atoms with Gasteiger partial charge in [0, 0.05) is 10.7 Å². The van der Waals surface area contributed by atoms with Crippen LogP contribution in [0.2, 0.25) is 0 Å². The normalized spacial score (nSPS) is 9.85. The summed E-state index contributed by atoms with van der Waals surface area (Å²) in [5.41, 5.74) is 0.282. The van der Waals surface area contributed by atoms with Crippen molar-refractivity contribution in [3.63, 3.8) is 0 Å². The highest BCUT2D eigenvalue weighted by molar-refractivity contribution is 9.10. The number of aromatic nitrogens is 1. The average Bonchev–Trinajstić information content (AvgIpc) is 2.42. The molecule has 7 heteroatoms. The van der Waals surface area contributed by atoms with E-state index >= 15 is 0 Å². The first-order valence-electron chi connectivity index (χ1n) is 5.37. The Bertz CT molecular complexity index is 728. The molecule has 0 saturated heterocycles. The molecule has 1 heterocycles. The predicted octanol–water partition coefficient (Wildman–Crippen LogP) is 3.30. The smallest absolute Gasteiger partial charge is 0.339 e. The SMILES string of the molecule is N#Cc1cc(F)ccc1Nc1ncc(Br)cc1C(=O)O. The van der Waals surface area contributed by atoms with Crippen molar-refractivity contribution >= 4 is 33.4 Å². The van der Waals surface area contributed by atoms with Gasteiger partial charge in [0.05, 0.1) is 11.3 Å². The molecule has 5 nitrogen and oxygen atoms in total. The molecule has 1 aromatic heterocycles. The number of nitriles is 1. The van der Waals surface area contributed by atoms with Gasteiger partial charge < -0.3 is 10.4 Å². The van der Waals surface area contributed by atoms with Gasteiger partial charge in [0.2, 0.25) is 0 Å². The van der Waals surface area contributed by atoms with E-state index in [9.17, 15) is 9.18 Å². The van der Waals surface area contributed by atoms with Gasteiger partial charge in [-0.1, -0.05) is 0 Å². The first-order valence-corrected chi connectivity index (χ1v) is 6.16. The van der Waals surface area contributed by atoms with Crippen LogP contribution in [0.15, 0.2) is 34.9 Å². The maximum Gasteiger partial charge on any atom is 0.339 e. The lowest BCUT2D eigenvalue weighted by Gasteiger charge is -2.10. The van der Waals surface area contributed by atoms with Gasteiger partial charge in [0.1, 0.15) is 23.3 Å². The van der Waals surface area contributed by atoms with Crippen molar-refractivity contribution in [2.24, 2.45) is 0 Å². The number of hydrogen-bond donors (Lipinski definition) is 2. The molecule has 0 aliphatic heterocycles. The highest BCUT2D eigenvalue weighted by Gasteiger charge is 2.14. The maximum absolute atomic E-state index is 13.0. The molecule has 0 bridgehead atoms. The Balaban J connectivity index is 2.45. The number of aromatic carboxylic acids is 1. The second-order valence-electron chi connectivity index (χ2n) is 3.78. The van der Waals surface area contributed by atoms with Crippen molar-refractivity contribution in [3.05, 3.63) is 51.9 Å². The molecule has 0 saturated carbocycles. The molecule has 0 spiro atoms. The third-order valence-corrected chi connectivity index (χ3v) is 2.87. The fourth-order valence-corrected chi connectivity index (χ4v) is 1.88. The van der Waals surface area contributed by atoms with Crippen LogP contribution in [-0.2, 0) is 0 Å². The van der Waals surface area contributed by atoms with Gasteiger partial charge >= 0.3 is 5.97 Å². The lowest BCUT2D eigenvalue weighted by Crippen LogP contribution is -2.05. The molecule has 1 aromatic carbocycles. The largest absolute Gasteiger partial charge is 0.478 e. The summed E-state index contributed by atoms with van der Waals surface area (Å²) in [4.78, 5) is 15.1. The van der Waals surface area contributed by atoms with E-state index < -0.39 is 11.8 Å². The van der Waals surface area contributed by atoms with Crippen molar-refractivity contribution in [1.82, 2.24) is 4.98 Å². The number of halogens is 2. The van der Waals surface area contributed by atoms with Crippen LogP contribution in [0.1, 0.15) is 15.9 Å². The number of pyridine rings is 1. The second-order valence-corrected chi connectivity index (χ2v) is 4.70. The van der Waals surface area contributed by atoms with Crippen LogP contribution in [-0.4, -0.2) is 16.1 Å². The molecule has 0 amide bonds. The quantitative estimate of drug-likeness (QED) is 0.898. The summed E-state index contributed by atoms with van der Waals surface area (Å²) in [6.45, 7) is 0. The molecule has 0 aliphatic rings. The van der Waals surface area contributed by atoms with Crippen LogP contribution in [0.3, 0.4) is 0 Å². The summed E-state index contributed by atoms with van der Waals surface area (Å²) in [6, 6.07) is 6.79. The minimum atomic E-state index is -1.16. The van der Waals surface area contributed by atoms with Crippen LogP contribution < -0.4 is 5.32 Å². The third-order valence-electron chi connectivity index (χ3n) is 2.44. The minimum Gasteiger partial charge on any atom is -0.478 e. The summed E-state index contributed by atoms with van der Waals surface area (Å²) in [5.74, 6) is -1.64. The molecule has 2 rings (SSSR count). The second kappa shape index (κ2) is 5.67. The highest BCUT2D eigenvalue weighted by atomic mass is 79.9. The Kier molecular flexibility index (Phi) is 3.96. The van der Waals surface area contributed by atoms with Gasteiger partial charge in [-0.2, -0.15) is 5.26 Å². The average molecular weight is 336 g/mol. The predicted molar refractivity (Wildman–Crippen MR) is 73.3 cm³/mol. The van der Waals surface area contributed by atoms with Gasteiger partial charge in [0.25, 0.3) is 0 Å². The molecule has 0 atom stereocenters. The van der Waals surface area contributed by atoms with E-state index in [4.69, 9.17) is 10.4 Å². The Morgan fingerprint density at radius 2 is 2.20 bits per heavy atom. The first-order chi connectivity index (χ1) is 9.51. The molecule has 0 fully saturated rings. The zero-order chi connectivity index (χ0) is 14.7. The number of nitrogens with zero attached hydrogens (tertiary/aromatic N) is 2. The van der Waals surface area contributed by atoms with Gasteiger partial charge in [0.15, 0.2) is 0 Å². The zero-order valence-corrected chi connectivity index (χ0v) is 11.5. The summed E-state index contributed by atoms with van der Waals surface area (Å²) < 4.78 is 13.6. The monoisotopic (exact) mass is 335 g/mol. The van der Waals surface area contributed by atoms with Crippen molar-refractivity contribution in [2.45, 2.75) is 0 Å². The number of benzene rings is 1. The summed E-state index contributed by atoms with van der Waals surface area (Å²) in [7, 11) is 0. The Morgan fingerprint density at radius 1 is 1.45 bits per heavy atom. The number of carboxylic acid groups (broad SMARTS) is 1. The number of rotatable bonds is 3. The van der Waals surface area contributed by atoms with Crippen LogP contribution in [0, 0.1) is 17.1 Å². The van der Waals surface area contributed by atoms with Crippen LogP contribution in [0.4, 0.5) is 15.9 Å². The first kappa shape index (κ1) is 14.0. The molecule has 0 aliphatic carbocycles. The lowest BCUT2D eigenvalue weighted by atomic mass is 10.1. The van der Waals surface area contributed by atoms with E-state index in [-0.39, 0.29) is 22.6 Å². The fraction of sp³-hybridized carbons (Fsp3) is 0. The Morgan fingerprint density at radius 3 is 2.85 bits per heavy atom. The van der Waals surface area contributed by atoms with Crippen molar-refractivity contribution < 1.29 is 14.3 Å². The van der Waals surface area contributed by atoms with Crippen molar-refractivity contribution in [1.29, 1.82) is 5.26 Å². The van der Waals surface area contributed by atoms with E-state index in [1.165, 1.54) is 24.4 Å². The van der Waals surface area contributed by atoms with Crippen molar-refractivity contribution in [2.75, 3.05) is 5.32 Å². The molecule has 0 radical (unpaired) electrons. The summed E-state index contributed by atoms with van der Waals surface area (Å²) in [5, 5.41) is 20.8. The zero-order valence-electron chi connectivity index (χ0n) is 9.89. The number of carboxylic acids is 1. The van der Waals surface area contributed by atoms with Gasteiger partial charge in [-0.15, -0.1) is 0 Å². The Hall–Kier alpha value is -2.46. The summed E-state index contributed by atoms with van der Waals surface area (Å²) in [6.07, 6.45) is 1.42. The van der Waals surface area contributed by atoms with E-state index in [1.807, 2.05) is 6.07 Å². The van der Waals surface area contributed by atoms with E-state index in [1.54, 1.807) is 0 Å². The Labute approximate surface area is 121 Å². The van der Waals surface area contributed by atoms with E-state index in [2.05, 4.69) is 26.2 Å². The fourth-order valence-electron chi connectivity index (χ4n) is 1.55.